The molecule has 12 rings (SSSR count). The number of ether oxygens (including phenoxy) is 2. The van der Waals surface area contributed by atoms with Gasteiger partial charge in [0.15, 0.2) is 11.5 Å². The third kappa shape index (κ3) is 3.64. The number of rotatable bonds is 2. The Balaban J connectivity index is 1.27. The van der Waals surface area contributed by atoms with Gasteiger partial charge in [0.1, 0.15) is 11.5 Å². The first kappa shape index (κ1) is 28.6. The van der Waals surface area contributed by atoms with Gasteiger partial charge in [0, 0.05) is 43.8 Å². The van der Waals surface area contributed by atoms with Gasteiger partial charge in [0.05, 0.1) is 38.9 Å². The second-order valence-corrected chi connectivity index (χ2v) is 14.0. The van der Waals surface area contributed by atoms with Gasteiger partial charge in [-0.25, -0.2) is 0 Å². The van der Waals surface area contributed by atoms with Gasteiger partial charge in [-0.2, -0.15) is 0 Å². The summed E-state index contributed by atoms with van der Waals surface area (Å²) in [7, 11) is 0. The van der Waals surface area contributed by atoms with Gasteiger partial charge in [-0.3, -0.25) is 0 Å². The van der Waals surface area contributed by atoms with Crippen LogP contribution in [0.5, 0.6) is 23.0 Å². The second kappa shape index (κ2) is 10.5. The number of benzene rings is 8. The van der Waals surface area contributed by atoms with Crippen LogP contribution in [0.15, 0.2) is 182 Å². The third-order valence-electron chi connectivity index (χ3n) is 11.4. The van der Waals surface area contributed by atoms with Crippen LogP contribution >= 0.6 is 0 Å². The lowest BCUT2D eigenvalue weighted by Gasteiger charge is -2.45. The van der Waals surface area contributed by atoms with Crippen molar-refractivity contribution in [2.75, 3.05) is 0 Å². The Morgan fingerprint density at radius 1 is 0.302 bits per heavy atom. The molecule has 10 aromatic rings. The molecule has 0 aliphatic carbocycles. The zero-order chi connectivity index (χ0) is 34.7. The highest BCUT2D eigenvalue weighted by molar-refractivity contribution is 6.10. The van der Waals surface area contributed by atoms with E-state index in [1.54, 1.807) is 0 Å². The summed E-state index contributed by atoms with van der Waals surface area (Å²) < 4.78 is 19.0. The molecule has 0 bridgehead atoms. The van der Waals surface area contributed by atoms with Crippen LogP contribution in [-0.2, 0) is 5.41 Å². The molecule has 2 aliphatic heterocycles. The molecule has 2 aromatic heterocycles. The first-order valence-corrected chi connectivity index (χ1v) is 18.1. The van der Waals surface area contributed by atoms with Crippen molar-refractivity contribution in [1.29, 1.82) is 0 Å². The van der Waals surface area contributed by atoms with Gasteiger partial charge in [-0.1, -0.05) is 133 Å². The fraction of sp³-hybridized carbons (Fsp3) is 0.0204. The van der Waals surface area contributed by atoms with E-state index in [1.807, 2.05) is 0 Å². The third-order valence-corrected chi connectivity index (χ3v) is 11.4. The number of aromatic nitrogens is 2. The van der Waals surface area contributed by atoms with Crippen LogP contribution in [-0.4, -0.2) is 9.13 Å². The Labute approximate surface area is 305 Å². The van der Waals surface area contributed by atoms with Crippen molar-refractivity contribution in [2.24, 2.45) is 0 Å². The van der Waals surface area contributed by atoms with Gasteiger partial charge < -0.3 is 18.6 Å². The molecule has 0 unspecified atom stereocenters. The van der Waals surface area contributed by atoms with Crippen LogP contribution < -0.4 is 9.47 Å². The Bertz CT molecular complexity index is 2830. The van der Waals surface area contributed by atoms with E-state index in [2.05, 4.69) is 191 Å². The summed E-state index contributed by atoms with van der Waals surface area (Å²) in [6, 6.07) is 65.0. The van der Waals surface area contributed by atoms with E-state index in [0.29, 0.717) is 0 Å². The van der Waals surface area contributed by atoms with Crippen molar-refractivity contribution >= 4 is 43.6 Å². The summed E-state index contributed by atoms with van der Waals surface area (Å²) in [4.78, 5) is 0. The lowest BCUT2D eigenvalue weighted by Crippen LogP contribution is -2.37. The Morgan fingerprint density at radius 3 is 1.06 bits per heavy atom. The summed E-state index contributed by atoms with van der Waals surface area (Å²) in [5, 5.41) is 4.83. The van der Waals surface area contributed by atoms with Crippen LogP contribution in [0.2, 0.25) is 0 Å². The summed E-state index contributed by atoms with van der Waals surface area (Å²) in [6.07, 6.45) is 0. The van der Waals surface area contributed by atoms with Crippen LogP contribution in [0.3, 0.4) is 0 Å². The quantitative estimate of drug-likeness (QED) is 0.182. The molecule has 0 N–H and O–H groups in total. The monoisotopic (exact) mass is 678 g/mol. The highest BCUT2D eigenvalue weighted by Crippen LogP contribution is 2.63. The zero-order valence-corrected chi connectivity index (χ0v) is 28.5. The number of fused-ring (bicyclic) bond motifs is 14. The number of hydrogen-bond donors (Lipinski definition) is 0. The van der Waals surface area contributed by atoms with Crippen molar-refractivity contribution in [1.82, 2.24) is 9.13 Å². The van der Waals surface area contributed by atoms with Gasteiger partial charge in [0.2, 0.25) is 0 Å². The first-order chi connectivity index (χ1) is 26.3. The molecule has 2 aliphatic rings. The van der Waals surface area contributed by atoms with Gasteiger partial charge >= 0.3 is 0 Å². The van der Waals surface area contributed by atoms with Crippen LogP contribution in [0, 0.1) is 0 Å². The summed E-state index contributed by atoms with van der Waals surface area (Å²) in [6.45, 7) is 0. The Kier molecular flexibility index (Phi) is 5.67. The van der Waals surface area contributed by atoms with Gasteiger partial charge in [0.25, 0.3) is 0 Å². The lowest BCUT2D eigenvalue weighted by atomic mass is 9.62. The van der Waals surface area contributed by atoms with Crippen molar-refractivity contribution in [3.8, 4) is 34.4 Å². The Hall–Kier alpha value is -7.04. The fourth-order valence-corrected chi connectivity index (χ4v) is 9.39. The van der Waals surface area contributed by atoms with E-state index in [-0.39, 0.29) is 0 Å². The molecule has 4 heterocycles. The predicted octanol–water partition coefficient (Wildman–Crippen LogP) is 12.5. The van der Waals surface area contributed by atoms with Crippen molar-refractivity contribution in [3.63, 3.8) is 0 Å². The average Bonchev–Trinajstić information content (AvgIpc) is 3.73. The SMILES string of the molecule is c1ccc2c(c1)Oc1ccccc1C21c2cccc(-n3c4ccccc4c4ccccc43)c2Oc2c(-n3c4ccccc4c4ccccc43)cccc21. The molecule has 53 heavy (non-hydrogen) atoms. The van der Waals surface area contributed by atoms with Crippen molar-refractivity contribution in [3.05, 3.63) is 204 Å². The van der Waals surface area contributed by atoms with Crippen LogP contribution in [0.4, 0.5) is 0 Å². The van der Waals surface area contributed by atoms with E-state index in [9.17, 15) is 0 Å². The average molecular weight is 679 g/mol. The largest absolute Gasteiger partial charge is 0.457 e. The second-order valence-electron chi connectivity index (χ2n) is 14.0. The summed E-state index contributed by atoms with van der Waals surface area (Å²) in [5.41, 5.74) is 10.1. The maximum absolute atomic E-state index is 7.56. The molecule has 8 aromatic carbocycles. The van der Waals surface area contributed by atoms with E-state index in [0.717, 1.165) is 78.7 Å². The molecule has 0 saturated heterocycles. The lowest BCUT2D eigenvalue weighted by molar-refractivity contribution is 0.398. The molecule has 0 saturated carbocycles. The number of nitrogens with zero attached hydrogens (tertiary/aromatic N) is 2. The highest BCUT2D eigenvalue weighted by Gasteiger charge is 2.51. The Morgan fingerprint density at radius 2 is 0.642 bits per heavy atom. The molecular weight excluding hydrogens is 649 g/mol. The molecular formula is C49H30N2O2. The molecule has 4 nitrogen and oxygen atoms in total. The molecule has 0 radical (unpaired) electrons. The van der Waals surface area contributed by atoms with E-state index < -0.39 is 5.41 Å². The normalized spacial score (nSPS) is 13.7. The first-order valence-electron chi connectivity index (χ1n) is 18.1. The fourth-order valence-electron chi connectivity index (χ4n) is 9.39. The molecule has 0 amide bonds. The smallest absolute Gasteiger partial charge is 0.156 e. The van der Waals surface area contributed by atoms with Crippen LogP contribution in [0.1, 0.15) is 22.3 Å². The van der Waals surface area contributed by atoms with Gasteiger partial charge in [-0.15, -0.1) is 0 Å². The molecule has 0 fully saturated rings. The van der Waals surface area contributed by atoms with E-state index >= 15 is 0 Å². The number of para-hydroxylation sites is 8. The molecule has 0 atom stereocenters. The molecule has 1 spiro atoms. The summed E-state index contributed by atoms with van der Waals surface area (Å²) in [5.74, 6) is 3.33. The maximum Gasteiger partial charge on any atom is 0.156 e. The zero-order valence-electron chi connectivity index (χ0n) is 28.5. The minimum absolute atomic E-state index is 0.752. The molecule has 4 heteroatoms. The minimum atomic E-state index is -0.752. The predicted molar refractivity (Wildman–Crippen MR) is 214 cm³/mol. The van der Waals surface area contributed by atoms with Crippen molar-refractivity contribution < 1.29 is 9.47 Å². The van der Waals surface area contributed by atoms with Crippen molar-refractivity contribution in [2.45, 2.75) is 5.41 Å². The van der Waals surface area contributed by atoms with Gasteiger partial charge in [-0.05, 0) is 48.5 Å². The standard InChI is InChI=1S/C49H30N2O2/c1-7-23-39-31(15-1)32-16-2-8-24-40(32)50(39)43-27-13-21-37-47(43)53-48-38(49(37)35-19-5-11-29-45(35)52-46-30-12-6-20-36(46)49)22-14-28-44(48)51-41-25-9-3-17-33(41)34-18-4-10-26-42(34)51/h1-30H. The van der Waals surface area contributed by atoms with E-state index in [1.165, 1.54) is 21.5 Å². The highest BCUT2D eigenvalue weighted by atomic mass is 16.5. The van der Waals surface area contributed by atoms with E-state index in [4.69, 9.17) is 9.47 Å². The molecule has 248 valence electrons. The topological polar surface area (TPSA) is 28.3 Å². The van der Waals surface area contributed by atoms with Crippen LogP contribution in [0.25, 0.3) is 55.0 Å². The maximum atomic E-state index is 7.56. The number of hydrogen-bond acceptors (Lipinski definition) is 2. The minimum Gasteiger partial charge on any atom is -0.457 e. The summed E-state index contributed by atoms with van der Waals surface area (Å²) >= 11 is 0.